The normalized spacial score (nSPS) is 28.4. The van der Waals surface area contributed by atoms with E-state index in [-0.39, 0.29) is 12.3 Å². The van der Waals surface area contributed by atoms with Crippen LogP contribution in [0.2, 0.25) is 0 Å². The number of Topliss-reactive ketones (excluding diaryl/α,β-unsaturated/α-hetero) is 1. The number of piperidine rings is 1. The van der Waals surface area contributed by atoms with Crippen molar-refractivity contribution < 1.29 is 24.2 Å². The number of carbonyl (C=O) groups is 3. The van der Waals surface area contributed by atoms with Gasteiger partial charge in [-0.1, -0.05) is 6.92 Å². The number of nitrogens with zero attached hydrogens (tertiary/aromatic N) is 1. The fourth-order valence-electron chi connectivity index (χ4n) is 2.86. The van der Waals surface area contributed by atoms with Crippen molar-refractivity contribution in [2.45, 2.75) is 51.7 Å². The molecule has 1 saturated heterocycles. The molecule has 2 atom stereocenters. The monoisotopic (exact) mass is 283 g/mol. The fourth-order valence-corrected chi connectivity index (χ4v) is 2.86. The van der Waals surface area contributed by atoms with Crippen LogP contribution in [-0.4, -0.2) is 45.5 Å². The van der Waals surface area contributed by atoms with Gasteiger partial charge >= 0.3 is 12.1 Å². The van der Waals surface area contributed by atoms with Gasteiger partial charge in [0.2, 0.25) is 0 Å². The Morgan fingerprint density at radius 2 is 1.90 bits per heavy atom. The molecule has 0 aromatic heterocycles. The average Bonchev–Trinajstić information content (AvgIpc) is 3.05. The predicted octanol–water partition coefficient (Wildman–Crippen LogP) is 1.68. The Bertz CT molecular complexity index is 461. The number of ketones is 1. The van der Waals surface area contributed by atoms with E-state index in [9.17, 15) is 14.4 Å². The van der Waals surface area contributed by atoms with E-state index in [1.165, 1.54) is 4.90 Å². The van der Waals surface area contributed by atoms with Gasteiger partial charge in [-0.3, -0.25) is 9.59 Å². The number of ether oxygens (including phenoxy) is 1. The molecule has 2 fully saturated rings. The van der Waals surface area contributed by atoms with Crippen LogP contribution in [-0.2, 0) is 14.3 Å². The topological polar surface area (TPSA) is 83.9 Å². The minimum atomic E-state index is -1.18. The maximum atomic E-state index is 12.3. The summed E-state index contributed by atoms with van der Waals surface area (Å²) in [6, 6.07) is 0. The largest absolute Gasteiger partial charge is 0.481 e. The second-order valence-electron chi connectivity index (χ2n) is 6.71. The van der Waals surface area contributed by atoms with Gasteiger partial charge in [0.15, 0.2) is 5.78 Å². The Hall–Kier alpha value is -1.59. The molecule has 1 aliphatic heterocycles. The molecule has 1 heterocycles. The van der Waals surface area contributed by atoms with Crippen LogP contribution in [0.4, 0.5) is 4.79 Å². The maximum Gasteiger partial charge on any atom is 0.410 e. The summed E-state index contributed by atoms with van der Waals surface area (Å²) in [6.45, 7) is 6.91. The molecular weight excluding hydrogens is 262 g/mol. The molecule has 20 heavy (non-hydrogen) atoms. The minimum absolute atomic E-state index is 0.0899. The Morgan fingerprint density at radius 3 is 2.30 bits per heavy atom. The van der Waals surface area contributed by atoms with Gasteiger partial charge in [0, 0.05) is 12.5 Å². The summed E-state index contributed by atoms with van der Waals surface area (Å²) >= 11 is 0. The number of amides is 1. The molecule has 6 nitrogen and oxygen atoms in total. The first-order valence-electron chi connectivity index (χ1n) is 6.86. The number of rotatable bonds is 1. The third kappa shape index (κ3) is 2.39. The Labute approximate surface area is 118 Å². The molecule has 1 spiro atoms. The summed E-state index contributed by atoms with van der Waals surface area (Å²) < 4.78 is 5.35. The zero-order valence-electron chi connectivity index (χ0n) is 12.3. The smallest absolute Gasteiger partial charge is 0.410 e. The SMILES string of the molecule is CC1C(=O)C(C(=O)O)CN(C(=O)OC(C)(C)C)C12CC2. The average molecular weight is 283 g/mol. The van der Waals surface area contributed by atoms with Gasteiger partial charge in [-0.25, -0.2) is 4.79 Å². The first-order valence-corrected chi connectivity index (χ1v) is 6.86. The molecular formula is C14H21NO5. The fraction of sp³-hybridized carbons (Fsp3) is 0.786. The number of aliphatic carboxylic acids is 1. The van der Waals surface area contributed by atoms with Gasteiger partial charge in [-0.2, -0.15) is 0 Å². The van der Waals surface area contributed by atoms with Crippen LogP contribution in [0.25, 0.3) is 0 Å². The van der Waals surface area contributed by atoms with Crippen molar-refractivity contribution in [1.29, 1.82) is 0 Å². The zero-order valence-corrected chi connectivity index (χ0v) is 12.3. The molecule has 0 aromatic rings. The van der Waals surface area contributed by atoms with E-state index in [0.29, 0.717) is 0 Å². The highest BCUT2D eigenvalue weighted by atomic mass is 16.6. The quantitative estimate of drug-likeness (QED) is 0.740. The first-order chi connectivity index (χ1) is 9.08. The lowest BCUT2D eigenvalue weighted by Gasteiger charge is -2.42. The third-order valence-corrected chi connectivity index (χ3v) is 4.15. The van der Waals surface area contributed by atoms with Crippen molar-refractivity contribution in [2.75, 3.05) is 6.54 Å². The molecule has 0 bridgehead atoms. The highest BCUT2D eigenvalue weighted by Crippen LogP contribution is 2.52. The zero-order chi connectivity index (χ0) is 15.3. The van der Waals surface area contributed by atoms with Crippen LogP contribution >= 0.6 is 0 Å². The lowest BCUT2D eigenvalue weighted by Crippen LogP contribution is -2.59. The van der Waals surface area contributed by atoms with E-state index in [2.05, 4.69) is 0 Å². The van der Waals surface area contributed by atoms with E-state index < -0.39 is 35.0 Å². The van der Waals surface area contributed by atoms with Crippen molar-refractivity contribution in [3.8, 4) is 0 Å². The number of carboxylic acid groups (broad SMARTS) is 1. The number of likely N-dealkylation sites (tertiary alicyclic amines) is 1. The lowest BCUT2D eigenvalue weighted by molar-refractivity contribution is -0.152. The molecule has 2 aliphatic rings. The Kier molecular flexibility index (Phi) is 3.31. The van der Waals surface area contributed by atoms with E-state index >= 15 is 0 Å². The molecule has 112 valence electrons. The Balaban J connectivity index is 2.25. The number of carbonyl (C=O) groups excluding carboxylic acids is 2. The first kappa shape index (κ1) is 14.8. The van der Waals surface area contributed by atoms with Crippen molar-refractivity contribution >= 4 is 17.8 Å². The third-order valence-electron chi connectivity index (χ3n) is 4.15. The van der Waals surface area contributed by atoms with Gasteiger partial charge < -0.3 is 14.7 Å². The van der Waals surface area contributed by atoms with E-state index in [0.717, 1.165) is 12.8 Å². The van der Waals surface area contributed by atoms with Crippen molar-refractivity contribution in [3.63, 3.8) is 0 Å². The van der Waals surface area contributed by atoms with E-state index in [1.54, 1.807) is 27.7 Å². The molecule has 1 amide bonds. The lowest BCUT2D eigenvalue weighted by atomic mass is 9.81. The second-order valence-corrected chi connectivity index (χ2v) is 6.71. The van der Waals surface area contributed by atoms with Crippen LogP contribution in [0.1, 0.15) is 40.5 Å². The Morgan fingerprint density at radius 1 is 1.35 bits per heavy atom. The van der Waals surface area contributed by atoms with Crippen LogP contribution in [0.5, 0.6) is 0 Å². The molecule has 1 saturated carbocycles. The van der Waals surface area contributed by atoms with E-state index in [4.69, 9.17) is 9.84 Å². The summed E-state index contributed by atoms with van der Waals surface area (Å²) in [5, 5.41) is 9.15. The molecule has 1 N–H and O–H groups in total. The summed E-state index contributed by atoms with van der Waals surface area (Å²) in [5.41, 5.74) is -1.16. The van der Waals surface area contributed by atoms with Crippen LogP contribution in [0.15, 0.2) is 0 Å². The molecule has 1 aliphatic carbocycles. The molecule has 0 radical (unpaired) electrons. The molecule has 2 unspecified atom stereocenters. The highest BCUT2D eigenvalue weighted by Gasteiger charge is 2.62. The number of carboxylic acids is 1. The molecule has 2 rings (SSSR count). The van der Waals surface area contributed by atoms with Gasteiger partial charge in [0.05, 0.1) is 5.54 Å². The van der Waals surface area contributed by atoms with Gasteiger partial charge in [0.1, 0.15) is 11.5 Å². The van der Waals surface area contributed by atoms with Crippen LogP contribution in [0, 0.1) is 11.8 Å². The van der Waals surface area contributed by atoms with Gasteiger partial charge in [0.25, 0.3) is 0 Å². The molecule has 6 heteroatoms. The van der Waals surface area contributed by atoms with E-state index in [1.807, 2.05) is 0 Å². The van der Waals surface area contributed by atoms with Gasteiger partial charge in [-0.15, -0.1) is 0 Å². The second kappa shape index (κ2) is 4.46. The predicted molar refractivity (Wildman–Crippen MR) is 70.2 cm³/mol. The summed E-state index contributed by atoms with van der Waals surface area (Å²) in [6.07, 6.45) is 0.928. The standard InChI is InChI=1S/C14H21NO5/c1-8-10(16)9(11(17)18)7-15(14(8)5-6-14)12(19)20-13(2,3)4/h8-9H,5-7H2,1-4H3,(H,17,18). The summed E-state index contributed by atoms with van der Waals surface area (Å²) in [4.78, 5) is 37.1. The maximum absolute atomic E-state index is 12.3. The van der Waals surface area contributed by atoms with Crippen molar-refractivity contribution in [3.05, 3.63) is 0 Å². The number of hydrogen-bond acceptors (Lipinski definition) is 4. The van der Waals surface area contributed by atoms with Gasteiger partial charge in [-0.05, 0) is 33.6 Å². The van der Waals surface area contributed by atoms with Crippen molar-refractivity contribution in [1.82, 2.24) is 4.90 Å². The van der Waals surface area contributed by atoms with Crippen LogP contribution < -0.4 is 0 Å². The van der Waals surface area contributed by atoms with Crippen LogP contribution in [0.3, 0.4) is 0 Å². The summed E-state index contributed by atoms with van der Waals surface area (Å²) in [5.74, 6) is -3.06. The molecule has 0 aromatic carbocycles. The number of hydrogen-bond donors (Lipinski definition) is 1. The van der Waals surface area contributed by atoms with Crippen molar-refractivity contribution in [2.24, 2.45) is 11.8 Å². The highest BCUT2D eigenvalue weighted by molar-refractivity contribution is 6.02. The minimum Gasteiger partial charge on any atom is -0.481 e. The summed E-state index contributed by atoms with van der Waals surface area (Å²) in [7, 11) is 0.